The summed E-state index contributed by atoms with van der Waals surface area (Å²) in [5.41, 5.74) is 6.33. The number of carbonyl (C=O) groups excluding carboxylic acids is 1. The van der Waals surface area contributed by atoms with Gasteiger partial charge in [-0.2, -0.15) is 0 Å². The summed E-state index contributed by atoms with van der Waals surface area (Å²) < 4.78 is 7.29. The molecular formula is C12H12ClN3O2S2. The second-order valence-corrected chi connectivity index (χ2v) is 6.02. The molecule has 1 aromatic heterocycles. The maximum absolute atomic E-state index is 12.2. The SMILES string of the molecule is COc1ccc(Cl)cc1NC(=O)c1sc(=S)n(C)c1N. The number of benzene rings is 1. The van der Waals surface area contributed by atoms with Gasteiger partial charge in [0.25, 0.3) is 5.91 Å². The molecule has 0 saturated heterocycles. The molecule has 0 aliphatic carbocycles. The van der Waals surface area contributed by atoms with Gasteiger partial charge in [-0.15, -0.1) is 0 Å². The summed E-state index contributed by atoms with van der Waals surface area (Å²) in [7, 11) is 3.23. The van der Waals surface area contributed by atoms with Crippen molar-refractivity contribution in [2.75, 3.05) is 18.2 Å². The Hall–Kier alpha value is -1.57. The lowest BCUT2D eigenvalue weighted by Crippen LogP contribution is -2.13. The van der Waals surface area contributed by atoms with Gasteiger partial charge in [-0.05, 0) is 30.4 Å². The maximum Gasteiger partial charge on any atom is 0.269 e. The Bertz CT molecular complexity index is 724. The molecule has 0 spiro atoms. The fourth-order valence-electron chi connectivity index (χ4n) is 1.58. The largest absolute Gasteiger partial charge is 0.495 e. The molecule has 0 unspecified atom stereocenters. The van der Waals surface area contributed by atoms with Crippen molar-refractivity contribution in [3.63, 3.8) is 0 Å². The molecule has 0 saturated carbocycles. The van der Waals surface area contributed by atoms with Gasteiger partial charge >= 0.3 is 0 Å². The summed E-state index contributed by atoms with van der Waals surface area (Å²) in [6.07, 6.45) is 0. The van der Waals surface area contributed by atoms with Gasteiger partial charge in [0, 0.05) is 12.1 Å². The van der Waals surface area contributed by atoms with Crippen molar-refractivity contribution < 1.29 is 9.53 Å². The van der Waals surface area contributed by atoms with Gasteiger partial charge in [-0.3, -0.25) is 4.79 Å². The molecule has 0 atom stereocenters. The summed E-state index contributed by atoms with van der Waals surface area (Å²) in [5, 5.41) is 3.22. The van der Waals surface area contributed by atoms with E-state index in [9.17, 15) is 4.79 Å². The third kappa shape index (κ3) is 2.79. The molecule has 2 aromatic rings. The van der Waals surface area contributed by atoms with Crippen LogP contribution in [-0.2, 0) is 7.05 Å². The Labute approximate surface area is 129 Å². The van der Waals surface area contributed by atoms with E-state index in [1.807, 2.05) is 0 Å². The smallest absolute Gasteiger partial charge is 0.269 e. The van der Waals surface area contributed by atoms with Crippen LogP contribution in [0, 0.1) is 3.95 Å². The summed E-state index contributed by atoms with van der Waals surface area (Å²) >= 11 is 12.2. The lowest BCUT2D eigenvalue weighted by Gasteiger charge is -2.10. The van der Waals surface area contributed by atoms with Gasteiger partial charge in [0.1, 0.15) is 16.4 Å². The number of thiazole rings is 1. The van der Waals surface area contributed by atoms with Gasteiger partial charge in [-0.25, -0.2) is 0 Å². The number of ether oxygens (including phenoxy) is 1. The van der Waals surface area contributed by atoms with E-state index in [0.717, 1.165) is 11.3 Å². The minimum Gasteiger partial charge on any atom is -0.495 e. The molecule has 0 aliphatic rings. The lowest BCUT2D eigenvalue weighted by atomic mass is 10.3. The van der Waals surface area contributed by atoms with E-state index in [2.05, 4.69) is 5.32 Å². The highest BCUT2D eigenvalue weighted by atomic mass is 35.5. The minimum atomic E-state index is -0.347. The molecule has 1 heterocycles. The van der Waals surface area contributed by atoms with Gasteiger partial charge in [0.2, 0.25) is 0 Å². The Morgan fingerprint density at radius 2 is 2.25 bits per heavy atom. The number of aromatic nitrogens is 1. The maximum atomic E-state index is 12.2. The van der Waals surface area contributed by atoms with E-state index < -0.39 is 0 Å². The van der Waals surface area contributed by atoms with Crippen molar-refractivity contribution in [1.82, 2.24) is 4.57 Å². The Balaban J connectivity index is 2.34. The van der Waals surface area contributed by atoms with Crippen molar-refractivity contribution in [2.45, 2.75) is 0 Å². The van der Waals surface area contributed by atoms with Gasteiger partial charge in [0.05, 0.1) is 12.8 Å². The zero-order valence-corrected chi connectivity index (χ0v) is 13.2. The number of carbonyl (C=O) groups is 1. The van der Waals surface area contributed by atoms with Gasteiger partial charge in [0.15, 0.2) is 3.95 Å². The number of nitrogen functional groups attached to an aromatic ring is 1. The number of rotatable bonds is 3. The zero-order valence-electron chi connectivity index (χ0n) is 10.8. The van der Waals surface area contributed by atoms with Crippen LogP contribution in [0.25, 0.3) is 0 Å². The lowest BCUT2D eigenvalue weighted by molar-refractivity contribution is 0.103. The number of methoxy groups -OCH3 is 1. The molecule has 5 nitrogen and oxygen atoms in total. The minimum absolute atomic E-state index is 0.332. The Morgan fingerprint density at radius 3 is 2.80 bits per heavy atom. The Morgan fingerprint density at radius 1 is 1.55 bits per heavy atom. The van der Waals surface area contributed by atoms with E-state index in [4.69, 9.17) is 34.3 Å². The zero-order chi connectivity index (χ0) is 14.9. The molecule has 1 aromatic carbocycles. The van der Waals surface area contributed by atoms with Crippen LogP contribution in [0.15, 0.2) is 18.2 Å². The standard InChI is InChI=1S/C12H12ClN3O2S2/c1-16-10(14)9(20-12(16)19)11(17)15-7-5-6(13)3-4-8(7)18-2/h3-5H,14H2,1-2H3,(H,15,17). The van der Waals surface area contributed by atoms with Crippen LogP contribution in [0.2, 0.25) is 5.02 Å². The first-order valence-corrected chi connectivity index (χ1v) is 7.14. The van der Waals surface area contributed by atoms with Crippen molar-refractivity contribution >= 4 is 52.6 Å². The normalized spacial score (nSPS) is 10.3. The summed E-state index contributed by atoms with van der Waals surface area (Å²) in [5.74, 6) is 0.499. The number of nitrogens with two attached hydrogens (primary N) is 1. The van der Waals surface area contributed by atoms with Crippen LogP contribution in [0.3, 0.4) is 0 Å². The van der Waals surface area contributed by atoms with Crippen LogP contribution in [0.1, 0.15) is 9.67 Å². The highest BCUT2D eigenvalue weighted by molar-refractivity contribution is 7.73. The van der Waals surface area contributed by atoms with Crippen LogP contribution in [0.4, 0.5) is 11.5 Å². The third-order valence-electron chi connectivity index (χ3n) is 2.67. The summed E-state index contributed by atoms with van der Waals surface area (Å²) in [4.78, 5) is 12.6. The fourth-order valence-corrected chi connectivity index (χ4v) is 2.89. The van der Waals surface area contributed by atoms with E-state index in [0.29, 0.717) is 31.1 Å². The first-order chi connectivity index (χ1) is 9.43. The highest BCUT2D eigenvalue weighted by Gasteiger charge is 2.17. The van der Waals surface area contributed by atoms with Crippen molar-refractivity contribution in [3.05, 3.63) is 32.1 Å². The number of hydrogen-bond donors (Lipinski definition) is 2. The Kier molecular flexibility index (Phi) is 4.32. The van der Waals surface area contributed by atoms with Crippen molar-refractivity contribution in [1.29, 1.82) is 0 Å². The molecule has 8 heteroatoms. The van der Waals surface area contributed by atoms with E-state index in [-0.39, 0.29) is 5.91 Å². The summed E-state index contributed by atoms with van der Waals surface area (Å²) in [6.45, 7) is 0. The molecule has 2 rings (SSSR count). The molecule has 0 radical (unpaired) electrons. The summed E-state index contributed by atoms with van der Waals surface area (Å²) in [6, 6.07) is 4.96. The third-order valence-corrected chi connectivity index (χ3v) is 4.48. The monoisotopic (exact) mass is 329 g/mol. The van der Waals surface area contributed by atoms with E-state index >= 15 is 0 Å². The first-order valence-electron chi connectivity index (χ1n) is 5.54. The molecule has 20 heavy (non-hydrogen) atoms. The van der Waals surface area contributed by atoms with E-state index in [1.54, 1.807) is 29.8 Å². The quantitative estimate of drug-likeness (QED) is 0.848. The van der Waals surface area contributed by atoms with E-state index in [1.165, 1.54) is 7.11 Å². The van der Waals surface area contributed by atoms with Gasteiger partial charge < -0.3 is 20.4 Å². The highest BCUT2D eigenvalue weighted by Crippen LogP contribution is 2.29. The number of nitrogens with zero attached hydrogens (tertiary/aromatic N) is 1. The average Bonchev–Trinajstić information content (AvgIpc) is 2.67. The second-order valence-electron chi connectivity index (χ2n) is 3.94. The molecule has 0 fully saturated rings. The topological polar surface area (TPSA) is 69.3 Å². The molecular weight excluding hydrogens is 318 g/mol. The number of anilines is 2. The molecule has 1 amide bonds. The first kappa shape index (κ1) is 14.8. The van der Waals surface area contributed by atoms with Crippen LogP contribution in [0.5, 0.6) is 5.75 Å². The van der Waals surface area contributed by atoms with Crippen LogP contribution >= 0.6 is 35.2 Å². The van der Waals surface area contributed by atoms with Gasteiger partial charge in [-0.1, -0.05) is 22.9 Å². The number of hydrogen-bond acceptors (Lipinski definition) is 5. The second kappa shape index (κ2) is 5.82. The number of nitrogens with one attached hydrogen (secondary N) is 1. The molecule has 3 N–H and O–H groups in total. The fraction of sp³-hybridized carbons (Fsp3) is 0.167. The number of amides is 1. The van der Waals surface area contributed by atoms with Crippen molar-refractivity contribution in [2.24, 2.45) is 7.05 Å². The molecule has 0 bridgehead atoms. The predicted molar refractivity (Wildman–Crippen MR) is 84.5 cm³/mol. The molecule has 0 aliphatic heterocycles. The average molecular weight is 330 g/mol. The van der Waals surface area contributed by atoms with Crippen LogP contribution < -0.4 is 15.8 Å². The predicted octanol–water partition coefficient (Wildman–Crippen LogP) is 3.31. The number of halogens is 1. The van der Waals surface area contributed by atoms with Crippen molar-refractivity contribution in [3.8, 4) is 5.75 Å². The van der Waals surface area contributed by atoms with Crippen LogP contribution in [-0.4, -0.2) is 17.6 Å². The molecule has 106 valence electrons.